The van der Waals surface area contributed by atoms with E-state index in [1.165, 1.54) is 11.0 Å². The number of methoxy groups -OCH3 is 3. The van der Waals surface area contributed by atoms with E-state index in [-0.39, 0.29) is 11.3 Å². The predicted molar refractivity (Wildman–Crippen MR) is 114 cm³/mol. The fourth-order valence-corrected chi connectivity index (χ4v) is 4.65. The van der Waals surface area contributed by atoms with Crippen LogP contribution in [0.5, 0.6) is 17.2 Å². The Bertz CT molecular complexity index is 1040. The van der Waals surface area contributed by atoms with Gasteiger partial charge in [0.2, 0.25) is 0 Å². The normalized spacial score (nSPS) is 15.8. The Morgan fingerprint density at radius 3 is 2.43 bits per heavy atom. The van der Waals surface area contributed by atoms with Crippen molar-refractivity contribution in [3.8, 4) is 22.9 Å². The maximum Gasteiger partial charge on any atom is 0.277 e. The minimum atomic E-state index is -0.228. The van der Waals surface area contributed by atoms with Gasteiger partial charge in [0.05, 0.1) is 33.2 Å². The number of thioether (sulfide) groups is 1. The molecule has 1 atom stereocenters. The molecule has 1 amide bonds. The molecule has 4 rings (SSSR count). The summed E-state index contributed by atoms with van der Waals surface area (Å²) in [6, 6.07) is 13.1. The molecular formula is C21H22N4O4S. The smallest absolute Gasteiger partial charge is 0.277 e. The van der Waals surface area contributed by atoms with Crippen LogP contribution >= 0.6 is 11.8 Å². The Kier molecular flexibility index (Phi) is 5.80. The first-order chi connectivity index (χ1) is 14.7. The standard InChI is InChI=1S/C21H22N4O4S/c1-27-17-12-19(29-3)18(28-2)11-15(17)21-24(9-10-30-21)20(26)16-13-22-25(23-16)14-7-5-4-6-8-14/h4-8,11-13,21H,9-10H2,1-3H3. The molecule has 1 aliphatic heterocycles. The van der Waals surface area contributed by atoms with Crippen molar-refractivity contribution in [1.29, 1.82) is 0 Å². The van der Waals surface area contributed by atoms with Crippen molar-refractivity contribution < 1.29 is 19.0 Å². The lowest BCUT2D eigenvalue weighted by atomic mass is 10.1. The quantitative estimate of drug-likeness (QED) is 0.599. The number of hydrogen-bond donors (Lipinski definition) is 0. The molecule has 1 unspecified atom stereocenters. The van der Waals surface area contributed by atoms with Gasteiger partial charge in [0, 0.05) is 23.9 Å². The molecule has 2 aromatic carbocycles. The Morgan fingerprint density at radius 1 is 1.03 bits per heavy atom. The van der Waals surface area contributed by atoms with Crippen molar-refractivity contribution in [2.75, 3.05) is 33.6 Å². The van der Waals surface area contributed by atoms with E-state index in [9.17, 15) is 4.79 Å². The molecule has 1 aliphatic rings. The lowest BCUT2D eigenvalue weighted by molar-refractivity contribution is 0.0752. The summed E-state index contributed by atoms with van der Waals surface area (Å²) < 4.78 is 16.4. The third kappa shape index (κ3) is 3.68. The summed E-state index contributed by atoms with van der Waals surface area (Å²) in [6.07, 6.45) is 1.50. The highest BCUT2D eigenvalue weighted by Gasteiger charge is 2.35. The topological polar surface area (TPSA) is 78.7 Å². The van der Waals surface area contributed by atoms with Crippen molar-refractivity contribution in [1.82, 2.24) is 19.9 Å². The van der Waals surface area contributed by atoms with Gasteiger partial charge in [-0.05, 0) is 18.2 Å². The Morgan fingerprint density at radius 2 is 1.73 bits per heavy atom. The van der Waals surface area contributed by atoms with Crippen LogP contribution < -0.4 is 14.2 Å². The molecule has 1 aromatic heterocycles. The van der Waals surface area contributed by atoms with Crippen LogP contribution in [0.3, 0.4) is 0 Å². The molecule has 0 radical (unpaired) electrons. The maximum atomic E-state index is 13.3. The van der Waals surface area contributed by atoms with Crippen LogP contribution in [0, 0.1) is 0 Å². The fraction of sp³-hybridized carbons (Fsp3) is 0.286. The van der Waals surface area contributed by atoms with Crippen LogP contribution in [0.2, 0.25) is 0 Å². The number of nitrogens with zero attached hydrogens (tertiary/aromatic N) is 4. The number of para-hydroxylation sites is 1. The third-order valence-corrected chi connectivity index (χ3v) is 6.09. The van der Waals surface area contributed by atoms with Crippen molar-refractivity contribution in [2.45, 2.75) is 5.37 Å². The Balaban J connectivity index is 1.64. The average molecular weight is 426 g/mol. The lowest BCUT2D eigenvalue weighted by Crippen LogP contribution is -2.31. The van der Waals surface area contributed by atoms with Crippen LogP contribution in [0.1, 0.15) is 21.4 Å². The van der Waals surface area contributed by atoms with Crippen molar-refractivity contribution in [3.05, 3.63) is 59.9 Å². The second-order valence-electron chi connectivity index (χ2n) is 6.53. The number of aromatic nitrogens is 3. The minimum Gasteiger partial charge on any atom is -0.496 e. The highest BCUT2D eigenvalue weighted by Crippen LogP contribution is 2.46. The molecule has 3 aromatic rings. The zero-order valence-corrected chi connectivity index (χ0v) is 17.8. The molecule has 1 fully saturated rings. The zero-order valence-electron chi connectivity index (χ0n) is 16.9. The summed E-state index contributed by atoms with van der Waals surface area (Å²) in [7, 11) is 4.76. The molecule has 30 heavy (non-hydrogen) atoms. The number of hydrogen-bond acceptors (Lipinski definition) is 7. The van der Waals surface area contributed by atoms with Crippen LogP contribution in [0.15, 0.2) is 48.7 Å². The number of benzene rings is 2. The summed E-state index contributed by atoms with van der Waals surface area (Å²) >= 11 is 1.67. The number of ether oxygens (including phenoxy) is 3. The predicted octanol–water partition coefficient (Wildman–Crippen LogP) is 3.18. The van der Waals surface area contributed by atoms with E-state index in [2.05, 4.69) is 10.2 Å². The molecule has 2 heterocycles. The first kappa shape index (κ1) is 20.1. The van der Waals surface area contributed by atoms with E-state index in [1.807, 2.05) is 36.4 Å². The molecule has 8 nitrogen and oxygen atoms in total. The molecule has 0 saturated carbocycles. The molecule has 9 heteroatoms. The first-order valence-corrected chi connectivity index (χ1v) is 10.4. The van der Waals surface area contributed by atoms with E-state index >= 15 is 0 Å². The van der Waals surface area contributed by atoms with Gasteiger partial charge in [-0.2, -0.15) is 9.90 Å². The van der Waals surface area contributed by atoms with Crippen LogP contribution in [0.4, 0.5) is 0 Å². The highest BCUT2D eigenvalue weighted by atomic mass is 32.2. The van der Waals surface area contributed by atoms with Gasteiger partial charge >= 0.3 is 0 Å². The van der Waals surface area contributed by atoms with Crippen LogP contribution in [0.25, 0.3) is 5.69 Å². The van der Waals surface area contributed by atoms with Gasteiger partial charge in [-0.25, -0.2) is 0 Å². The average Bonchev–Trinajstić information content (AvgIpc) is 3.48. The van der Waals surface area contributed by atoms with Crippen molar-refractivity contribution >= 4 is 17.7 Å². The maximum absolute atomic E-state index is 13.3. The minimum absolute atomic E-state index is 0.177. The van der Waals surface area contributed by atoms with E-state index in [1.54, 1.807) is 44.1 Å². The van der Waals surface area contributed by atoms with E-state index < -0.39 is 0 Å². The van der Waals surface area contributed by atoms with Crippen LogP contribution in [-0.2, 0) is 0 Å². The van der Waals surface area contributed by atoms with Crippen molar-refractivity contribution in [2.24, 2.45) is 0 Å². The first-order valence-electron chi connectivity index (χ1n) is 9.36. The Hall–Kier alpha value is -3.20. The number of carbonyl (C=O) groups excluding carboxylic acids is 1. The van der Waals surface area contributed by atoms with Gasteiger partial charge in [-0.1, -0.05) is 18.2 Å². The molecular weight excluding hydrogens is 404 g/mol. The van der Waals surface area contributed by atoms with Gasteiger partial charge in [0.25, 0.3) is 5.91 Å². The number of carbonyl (C=O) groups is 1. The monoisotopic (exact) mass is 426 g/mol. The zero-order chi connectivity index (χ0) is 21.1. The fourth-order valence-electron chi connectivity index (χ4n) is 3.38. The molecule has 0 N–H and O–H groups in total. The van der Waals surface area contributed by atoms with E-state index in [0.29, 0.717) is 29.5 Å². The molecule has 0 aliphatic carbocycles. The molecule has 156 valence electrons. The summed E-state index contributed by atoms with van der Waals surface area (Å²) in [5, 5.41) is 8.41. The van der Waals surface area contributed by atoms with Gasteiger partial charge in [-0.15, -0.1) is 16.9 Å². The Labute approximate surface area is 178 Å². The summed E-state index contributed by atoms with van der Waals surface area (Å²) in [5.74, 6) is 2.43. The molecule has 0 spiro atoms. The van der Waals surface area contributed by atoms with Crippen LogP contribution in [-0.4, -0.2) is 59.4 Å². The van der Waals surface area contributed by atoms with E-state index in [0.717, 1.165) is 17.0 Å². The summed E-state index contributed by atoms with van der Waals surface area (Å²) in [6.45, 7) is 0.601. The van der Waals surface area contributed by atoms with Gasteiger partial charge < -0.3 is 19.1 Å². The summed E-state index contributed by atoms with van der Waals surface area (Å²) in [5.41, 5.74) is 1.94. The molecule has 0 bridgehead atoms. The summed E-state index contributed by atoms with van der Waals surface area (Å²) in [4.78, 5) is 16.5. The highest BCUT2D eigenvalue weighted by molar-refractivity contribution is 7.99. The van der Waals surface area contributed by atoms with Gasteiger partial charge in [0.15, 0.2) is 17.2 Å². The van der Waals surface area contributed by atoms with Gasteiger partial charge in [-0.3, -0.25) is 4.79 Å². The number of amides is 1. The second-order valence-corrected chi connectivity index (χ2v) is 7.71. The van der Waals surface area contributed by atoms with E-state index in [4.69, 9.17) is 14.2 Å². The third-order valence-electron chi connectivity index (χ3n) is 4.85. The second kappa shape index (κ2) is 8.66. The van der Waals surface area contributed by atoms with Crippen molar-refractivity contribution in [3.63, 3.8) is 0 Å². The SMILES string of the molecule is COc1cc(OC)c(C2SCCN2C(=O)c2cnn(-c3ccccc3)n2)cc1OC. The lowest BCUT2D eigenvalue weighted by Gasteiger charge is -2.25. The largest absolute Gasteiger partial charge is 0.496 e. The molecule has 1 saturated heterocycles. The number of rotatable bonds is 6. The van der Waals surface area contributed by atoms with Gasteiger partial charge in [0.1, 0.15) is 11.1 Å².